The largest absolute Gasteiger partial charge is 0.433 e. The maximum absolute atomic E-state index is 12.1. The van der Waals surface area contributed by atoms with E-state index in [0.29, 0.717) is 0 Å². The fraction of sp³-hybridized carbons (Fsp3) is 0.444. The summed E-state index contributed by atoms with van der Waals surface area (Å²) in [6.07, 6.45) is -3.41. The lowest BCUT2D eigenvalue weighted by Crippen LogP contribution is -2.09. The third kappa shape index (κ3) is 3.54. The van der Waals surface area contributed by atoms with Gasteiger partial charge in [0, 0.05) is 6.20 Å². The maximum atomic E-state index is 12.1. The zero-order chi connectivity index (χ0) is 11.4. The summed E-state index contributed by atoms with van der Waals surface area (Å²) in [5.41, 5.74) is -0.845. The molecule has 1 rings (SSSR count). The molecule has 0 bridgehead atoms. The minimum Gasteiger partial charge on any atom is -0.250 e. The Kier molecular flexibility index (Phi) is 4.91. The van der Waals surface area contributed by atoms with Gasteiger partial charge in [0.25, 0.3) is 0 Å². The van der Waals surface area contributed by atoms with Crippen LogP contribution < -0.4 is 0 Å². The van der Waals surface area contributed by atoms with Gasteiger partial charge in [-0.15, -0.1) is 0 Å². The van der Waals surface area contributed by atoms with Gasteiger partial charge in [-0.3, -0.25) is 0 Å². The number of alkyl halides is 3. The monoisotopic (exact) mass is 225 g/mol. The third-order valence-electron chi connectivity index (χ3n) is 1.31. The molecule has 1 aromatic heterocycles. The van der Waals surface area contributed by atoms with Gasteiger partial charge in [0.15, 0.2) is 0 Å². The van der Waals surface area contributed by atoms with Gasteiger partial charge in [-0.2, -0.15) is 13.2 Å². The Morgan fingerprint density at radius 1 is 1.29 bits per heavy atom. The molecule has 0 fully saturated rings. The zero-order valence-corrected chi connectivity index (χ0v) is 8.87. The summed E-state index contributed by atoms with van der Waals surface area (Å²) < 4.78 is 36.2. The average molecular weight is 226 g/mol. The third-order valence-corrected chi connectivity index (χ3v) is 1.52. The highest BCUT2D eigenvalue weighted by molar-refractivity contribution is 6.30. The quantitative estimate of drug-likeness (QED) is 0.648. The van der Waals surface area contributed by atoms with Crippen LogP contribution in [0.15, 0.2) is 12.3 Å². The average Bonchev–Trinajstić information content (AvgIpc) is 2.05. The summed E-state index contributed by atoms with van der Waals surface area (Å²) in [5, 5.41) is 0.209. The smallest absolute Gasteiger partial charge is 0.250 e. The lowest BCUT2D eigenvalue weighted by molar-refractivity contribution is -0.141. The Morgan fingerprint density at radius 2 is 1.79 bits per heavy atom. The van der Waals surface area contributed by atoms with Crippen molar-refractivity contribution in [3.05, 3.63) is 28.5 Å². The predicted molar refractivity (Wildman–Crippen MR) is 50.3 cm³/mol. The second-order valence-electron chi connectivity index (χ2n) is 2.32. The van der Waals surface area contributed by atoms with Crippen molar-refractivity contribution >= 4 is 11.6 Å². The molecular formula is C9H11ClF3N. The van der Waals surface area contributed by atoms with E-state index in [0.717, 1.165) is 6.20 Å². The van der Waals surface area contributed by atoms with Crippen LogP contribution in [-0.2, 0) is 6.18 Å². The molecule has 0 radical (unpaired) electrons. The summed E-state index contributed by atoms with van der Waals surface area (Å²) in [7, 11) is 0. The Hall–Kier alpha value is -0.770. The van der Waals surface area contributed by atoms with Crippen LogP contribution in [0.1, 0.15) is 25.1 Å². The van der Waals surface area contributed by atoms with Crippen LogP contribution in [0, 0.1) is 6.92 Å². The topological polar surface area (TPSA) is 12.9 Å². The van der Waals surface area contributed by atoms with Crippen LogP contribution in [0.2, 0.25) is 5.02 Å². The molecule has 0 spiro atoms. The van der Waals surface area contributed by atoms with Crippen molar-refractivity contribution in [1.82, 2.24) is 4.98 Å². The lowest BCUT2D eigenvalue weighted by atomic mass is 10.2. The van der Waals surface area contributed by atoms with Gasteiger partial charge in [0.2, 0.25) is 0 Å². The Labute approximate surface area is 85.9 Å². The summed E-state index contributed by atoms with van der Waals surface area (Å²) >= 11 is 5.44. The molecule has 0 aliphatic heterocycles. The molecule has 0 atom stereocenters. The van der Waals surface area contributed by atoms with Gasteiger partial charge >= 0.3 is 6.18 Å². The van der Waals surface area contributed by atoms with Crippen molar-refractivity contribution in [2.24, 2.45) is 0 Å². The normalized spacial score (nSPS) is 10.5. The van der Waals surface area contributed by atoms with Crippen LogP contribution in [0.5, 0.6) is 0 Å². The van der Waals surface area contributed by atoms with E-state index < -0.39 is 11.9 Å². The molecule has 0 saturated carbocycles. The lowest BCUT2D eigenvalue weighted by Gasteiger charge is -2.07. The highest BCUT2D eigenvalue weighted by Crippen LogP contribution is 2.30. The van der Waals surface area contributed by atoms with Crippen LogP contribution >= 0.6 is 11.6 Å². The second kappa shape index (κ2) is 5.20. The van der Waals surface area contributed by atoms with Crippen molar-refractivity contribution in [3.8, 4) is 0 Å². The Morgan fingerprint density at radius 3 is 2.14 bits per heavy atom. The number of hydrogen-bond acceptors (Lipinski definition) is 1. The van der Waals surface area contributed by atoms with E-state index in [1.54, 1.807) is 0 Å². The minimum absolute atomic E-state index is 0.0370. The van der Waals surface area contributed by atoms with Crippen LogP contribution in [0.4, 0.5) is 13.2 Å². The van der Waals surface area contributed by atoms with E-state index in [-0.39, 0.29) is 10.6 Å². The van der Waals surface area contributed by atoms with E-state index >= 15 is 0 Å². The summed E-state index contributed by atoms with van der Waals surface area (Å²) in [4.78, 5) is 3.19. The fourth-order valence-electron chi connectivity index (χ4n) is 0.837. The van der Waals surface area contributed by atoms with E-state index in [1.165, 1.54) is 13.0 Å². The molecule has 0 aliphatic carbocycles. The van der Waals surface area contributed by atoms with Crippen molar-refractivity contribution in [3.63, 3.8) is 0 Å². The van der Waals surface area contributed by atoms with Crippen molar-refractivity contribution < 1.29 is 13.2 Å². The highest BCUT2D eigenvalue weighted by atomic mass is 35.5. The number of hydrogen-bond donors (Lipinski definition) is 0. The van der Waals surface area contributed by atoms with Gasteiger partial charge in [-0.25, -0.2) is 4.98 Å². The van der Waals surface area contributed by atoms with Crippen LogP contribution in [0.3, 0.4) is 0 Å². The molecule has 0 N–H and O–H groups in total. The molecule has 0 amide bonds. The number of aryl methyl sites for hydroxylation is 1. The van der Waals surface area contributed by atoms with Crippen LogP contribution in [-0.4, -0.2) is 4.98 Å². The maximum Gasteiger partial charge on any atom is 0.433 e. The van der Waals surface area contributed by atoms with E-state index in [1.807, 2.05) is 13.8 Å². The first kappa shape index (κ1) is 13.2. The first-order chi connectivity index (χ1) is 6.41. The molecule has 1 aromatic rings. The first-order valence-electron chi connectivity index (χ1n) is 4.10. The van der Waals surface area contributed by atoms with Gasteiger partial charge in [0.05, 0.1) is 5.02 Å². The van der Waals surface area contributed by atoms with Crippen LogP contribution in [0.25, 0.3) is 0 Å². The highest BCUT2D eigenvalue weighted by Gasteiger charge is 2.34. The molecule has 0 aliphatic rings. The molecule has 0 aromatic carbocycles. The zero-order valence-electron chi connectivity index (χ0n) is 8.11. The van der Waals surface area contributed by atoms with Crippen molar-refractivity contribution in [2.75, 3.05) is 0 Å². The van der Waals surface area contributed by atoms with Crippen molar-refractivity contribution in [1.29, 1.82) is 0 Å². The van der Waals surface area contributed by atoms with E-state index in [9.17, 15) is 13.2 Å². The molecule has 5 heteroatoms. The number of aromatic nitrogens is 1. The molecule has 1 heterocycles. The predicted octanol–water partition coefficient (Wildman–Crippen LogP) is 4.09. The SMILES string of the molecule is CC.Cc1cc(Cl)cnc1C(F)(F)F. The first-order valence-corrected chi connectivity index (χ1v) is 4.48. The summed E-state index contributed by atoms with van der Waals surface area (Å²) in [6.45, 7) is 5.32. The fourth-order valence-corrected chi connectivity index (χ4v) is 1.05. The second-order valence-corrected chi connectivity index (χ2v) is 2.75. The summed E-state index contributed by atoms with van der Waals surface area (Å²) in [6, 6.07) is 1.23. The van der Waals surface area contributed by atoms with E-state index in [2.05, 4.69) is 4.98 Å². The van der Waals surface area contributed by atoms with Gasteiger partial charge in [0.1, 0.15) is 5.69 Å². The van der Waals surface area contributed by atoms with E-state index in [4.69, 9.17) is 11.6 Å². The number of rotatable bonds is 0. The number of halogens is 4. The molecule has 0 unspecified atom stereocenters. The van der Waals surface area contributed by atoms with Crippen molar-refractivity contribution in [2.45, 2.75) is 26.9 Å². The van der Waals surface area contributed by atoms with Gasteiger partial charge in [-0.1, -0.05) is 25.4 Å². The Bertz CT molecular complexity index is 297. The molecule has 0 saturated heterocycles. The Balaban J connectivity index is 0.000000791. The molecule has 14 heavy (non-hydrogen) atoms. The van der Waals surface area contributed by atoms with Gasteiger partial charge < -0.3 is 0 Å². The van der Waals surface area contributed by atoms with Gasteiger partial charge in [-0.05, 0) is 18.6 Å². The number of pyridine rings is 1. The minimum atomic E-state index is -4.39. The molecule has 1 nitrogen and oxygen atoms in total. The number of nitrogens with zero attached hydrogens (tertiary/aromatic N) is 1. The molecular weight excluding hydrogens is 215 g/mol. The molecule has 80 valence electrons. The summed E-state index contributed by atoms with van der Waals surface area (Å²) in [5.74, 6) is 0. The standard InChI is InChI=1S/C7H5ClF3N.C2H6/c1-4-2-5(8)3-12-6(4)7(9,10)11;1-2/h2-3H,1H3;1-2H3.